The number of carbonyl (C=O) groups is 1. The summed E-state index contributed by atoms with van der Waals surface area (Å²) in [5, 5.41) is 0. The smallest absolute Gasteiger partial charge is 0.252 e. The third kappa shape index (κ3) is 3.34. The molecular weight excluding hydrogens is 316 g/mol. The number of nitrogens with zero attached hydrogens (tertiary/aromatic N) is 2. The van der Waals surface area contributed by atoms with Crippen LogP contribution in [0.1, 0.15) is 29.2 Å². The molecule has 0 saturated heterocycles. The second-order valence-corrected chi connectivity index (χ2v) is 7.21. The number of hydrogen-bond donors (Lipinski definition) is 0. The van der Waals surface area contributed by atoms with Crippen LogP contribution >= 0.6 is 11.3 Å². The number of hydrogen-bond acceptors (Lipinski definition) is 2. The quantitative estimate of drug-likeness (QED) is 0.700. The predicted octanol–water partition coefficient (Wildman–Crippen LogP) is 4.32. The zero-order chi connectivity index (χ0) is 17.3. The van der Waals surface area contributed by atoms with E-state index >= 15 is 0 Å². The maximum Gasteiger partial charge on any atom is 0.252 e. The van der Waals surface area contributed by atoms with Crippen molar-refractivity contribution in [2.75, 3.05) is 0 Å². The average molecular weight is 338 g/mol. The summed E-state index contributed by atoms with van der Waals surface area (Å²) in [5.74, 6) is -0.0962. The Bertz CT molecular complexity index is 962. The highest BCUT2D eigenvalue weighted by Crippen LogP contribution is 2.22. The van der Waals surface area contributed by atoms with Crippen molar-refractivity contribution in [3.05, 3.63) is 63.5 Å². The van der Waals surface area contributed by atoms with Crippen LogP contribution in [-0.4, -0.2) is 10.5 Å². The second kappa shape index (κ2) is 6.73. The first-order valence-corrected chi connectivity index (χ1v) is 9.03. The van der Waals surface area contributed by atoms with Crippen LogP contribution in [0.25, 0.3) is 10.2 Å². The largest absolute Gasteiger partial charge is 0.317 e. The van der Waals surface area contributed by atoms with Gasteiger partial charge >= 0.3 is 0 Å². The van der Waals surface area contributed by atoms with Crippen molar-refractivity contribution in [3.63, 3.8) is 0 Å². The molecule has 0 N–H and O–H groups in total. The zero-order valence-corrected chi connectivity index (χ0v) is 15.4. The van der Waals surface area contributed by atoms with Crippen LogP contribution in [0, 0.1) is 20.8 Å². The summed E-state index contributed by atoms with van der Waals surface area (Å²) in [4.78, 5) is 17.5. The van der Waals surface area contributed by atoms with E-state index in [1.807, 2.05) is 31.2 Å². The first-order chi connectivity index (χ1) is 11.5. The van der Waals surface area contributed by atoms with Crippen LogP contribution in [0.4, 0.5) is 0 Å². The van der Waals surface area contributed by atoms with Crippen LogP contribution in [0.2, 0.25) is 0 Å². The van der Waals surface area contributed by atoms with Crippen molar-refractivity contribution in [3.8, 4) is 0 Å². The summed E-state index contributed by atoms with van der Waals surface area (Å²) >= 11 is 1.59. The lowest BCUT2D eigenvalue weighted by Gasteiger charge is -2.03. The van der Waals surface area contributed by atoms with E-state index in [4.69, 9.17) is 0 Å². The highest BCUT2D eigenvalue weighted by Gasteiger charge is 2.09. The number of rotatable bonds is 3. The van der Waals surface area contributed by atoms with Gasteiger partial charge < -0.3 is 4.57 Å². The topological polar surface area (TPSA) is 34.4 Å². The van der Waals surface area contributed by atoms with Crippen molar-refractivity contribution < 1.29 is 4.79 Å². The summed E-state index contributed by atoms with van der Waals surface area (Å²) in [7, 11) is 0. The Morgan fingerprint density at radius 1 is 1.08 bits per heavy atom. The number of amides is 1. The summed E-state index contributed by atoms with van der Waals surface area (Å²) in [6, 6.07) is 12.4. The average Bonchev–Trinajstić information content (AvgIpc) is 2.86. The first kappa shape index (κ1) is 16.7. The maximum atomic E-state index is 12.4. The van der Waals surface area contributed by atoms with Gasteiger partial charge in [0.2, 0.25) is 0 Å². The molecule has 24 heavy (non-hydrogen) atoms. The van der Waals surface area contributed by atoms with Crippen LogP contribution in [-0.2, 0) is 17.8 Å². The van der Waals surface area contributed by atoms with Gasteiger partial charge in [0.25, 0.3) is 5.91 Å². The van der Waals surface area contributed by atoms with E-state index in [-0.39, 0.29) is 5.91 Å². The number of carbonyl (C=O) groups excluding carboxylic acids is 1. The van der Waals surface area contributed by atoms with Gasteiger partial charge in [-0.2, -0.15) is 4.99 Å². The molecule has 0 fully saturated rings. The van der Waals surface area contributed by atoms with E-state index in [0.29, 0.717) is 6.42 Å². The number of aromatic nitrogens is 1. The molecule has 1 aromatic heterocycles. The number of thiazole rings is 1. The third-order valence-electron chi connectivity index (χ3n) is 4.31. The van der Waals surface area contributed by atoms with E-state index < -0.39 is 0 Å². The van der Waals surface area contributed by atoms with Crippen LogP contribution in [0.5, 0.6) is 0 Å². The summed E-state index contributed by atoms with van der Waals surface area (Å²) < 4.78 is 3.31. The van der Waals surface area contributed by atoms with Crippen molar-refractivity contribution in [1.82, 2.24) is 4.57 Å². The van der Waals surface area contributed by atoms with Gasteiger partial charge in [0, 0.05) is 6.54 Å². The molecular formula is C20H22N2OS. The normalized spacial score (nSPS) is 12.1. The van der Waals surface area contributed by atoms with E-state index in [1.54, 1.807) is 11.3 Å². The summed E-state index contributed by atoms with van der Waals surface area (Å²) in [5.41, 5.74) is 5.89. The van der Waals surface area contributed by atoms with E-state index in [1.165, 1.54) is 21.4 Å². The number of benzene rings is 2. The molecule has 0 saturated carbocycles. The van der Waals surface area contributed by atoms with Gasteiger partial charge in [-0.15, -0.1) is 0 Å². The Hall–Kier alpha value is -2.20. The van der Waals surface area contributed by atoms with Gasteiger partial charge in [0.05, 0.1) is 16.6 Å². The molecule has 0 radical (unpaired) electrons. The minimum Gasteiger partial charge on any atom is -0.317 e. The molecule has 0 bridgehead atoms. The van der Waals surface area contributed by atoms with Crippen LogP contribution < -0.4 is 4.80 Å². The third-order valence-corrected chi connectivity index (χ3v) is 5.35. The number of aryl methyl sites for hydroxylation is 4. The Balaban J connectivity index is 1.99. The Morgan fingerprint density at radius 3 is 2.42 bits per heavy atom. The monoisotopic (exact) mass is 338 g/mol. The molecule has 0 aliphatic heterocycles. The first-order valence-electron chi connectivity index (χ1n) is 8.21. The lowest BCUT2D eigenvalue weighted by Crippen LogP contribution is -2.16. The molecule has 0 aliphatic rings. The van der Waals surface area contributed by atoms with E-state index in [2.05, 4.69) is 42.5 Å². The fourth-order valence-corrected chi connectivity index (χ4v) is 3.93. The molecule has 2 aromatic carbocycles. The minimum atomic E-state index is -0.0962. The Morgan fingerprint density at radius 2 is 1.75 bits per heavy atom. The highest BCUT2D eigenvalue weighted by atomic mass is 32.1. The van der Waals surface area contributed by atoms with Crippen molar-refractivity contribution in [2.24, 2.45) is 4.99 Å². The molecule has 124 valence electrons. The van der Waals surface area contributed by atoms with Crippen molar-refractivity contribution in [1.29, 1.82) is 0 Å². The fourth-order valence-electron chi connectivity index (χ4n) is 2.74. The molecule has 0 atom stereocenters. The number of fused-ring (bicyclic) bond motifs is 1. The van der Waals surface area contributed by atoms with Gasteiger partial charge in [-0.1, -0.05) is 41.2 Å². The van der Waals surface area contributed by atoms with Gasteiger partial charge in [-0.3, -0.25) is 4.79 Å². The SMILES string of the molecule is CCn1c(=NC(=O)Cc2ccc(C)cc2)sc2cc(C)c(C)cc21. The fraction of sp³-hybridized carbons (Fsp3) is 0.300. The van der Waals surface area contributed by atoms with Crippen molar-refractivity contribution >= 4 is 27.5 Å². The Kier molecular flexibility index (Phi) is 4.67. The van der Waals surface area contributed by atoms with Gasteiger partial charge in [0.1, 0.15) is 0 Å². The Labute approximate surface area is 146 Å². The molecule has 1 heterocycles. The summed E-state index contributed by atoms with van der Waals surface area (Å²) in [6.45, 7) is 9.17. The van der Waals surface area contributed by atoms with Gasteiger partial charge in [0.15, 0.2) is 4.80 Å². The second-order valence-electron chi connectivity index (χ2n) is 6.20. The molecule has 3 aromatic rings. The summed E-state index contributed by atoms with van der Waals surface area (Å²) in [6.07, 6.45) is 0.344. The van der Waals surface area contributed by atoms with Crippen LogP contribution in [0.15, 0.2) is 41.4 Å². The van der Waals surface area contributed by atoms with Crippen molar-refractivity contribution in [2.45, 2.75) is 40.7 Å². The minimum absolute atomic E-state index is 0.0962. The van der Waals surface area contributed by atoms with Crippen LogP contribution in [0.3, 0.4) is 0 Å². The van der Waals surface area contributed by atoms with Gasteiger partial charge in [-0.25, -0.2) is 0 Å². The molecule has 1 amide bonds. The molecule has 0 aliphatic carbocycles. The van der Waals surface area contributed by atoms with E-state index in [0.717, 1.165) is 22.4 Å². The van der Waals surface area contributed by atoms with Gasteiger partial charge in [-0.05, 0) is 56.5 Å². The predicted molar refractivity (Wildman–Crippen MR) is 100 cm³/mol. The highest BCUT2D eigenvalue weighted by molar-refractivity contribution is 7.16. The maximum absolute atomic E-state index is 12.4. The molecule has 0 spiro atoms. The standard InChI is InChI=1S/C20H22N2OS/c1-5-22-17-10-14(3)15(4)11-18(17)24-20(22)21-19(23)12-16-8-6-13(2)7-9-16/h6-11H,5,12H2,1-4H3. The van der Waals surface area contributed by atoms with E-state index in [9.17, 15) is 4.79 Å². The molecule has 4 heteroatoms. The molecule has 3 rings (SSSR count). The molecule has 0 unspecified atom stereocenters. The lowest BCUT2D eigenvalue weighted by atomic mass is 10.1. The lowest BCUT2D eigenvalue weighted by molar-refractivity contribution is -0.117. The molecule has 3 nitrogen and oxygen atoms in total. The zero-order valence-electron chi connectivity index (χ0n) is 14.6.